The van der Waals surface area contributed by atoms with Crippen molar-refractivity contribution in [2.45, 2.75) is 10.5 Å². The van der Waals surface area contributed by atoms with Crippen molar-refractivity contribution in [2.24, 2.45) is 0 Å². The normalized spacial score (nSPS) is 11.7. The van der Waals surface area contributed by atoms with E-state index in [0.29, 0.717) is 4.47 Å². The Kier molecular flexibility index (Phi) is 3.05. The van der Waals surface area contributed by atoms with Gasteiger partial charge in [-0.1, -0.05) is 0 Å². The van der Waals surface area contributed by atoms with Crippen molar-refractivity contribution in [3.63, 3.8) is 0 Å². The summed E-state index contributed by atoms with van der Waals surface area (Å²) in [6, 6.07) is 4.88. The van der Waals surface area contributed by atoms with Gasteiger partial charge in [-0.2, -0.15) is 18.4 Å². The Balaban J connectivity index is 2.68. The van der Waals surface area contributed by atoms with E-state index < -0.39 is 5.51 Å². The monoisotopic (exact) mass is 321 g/mol. The predicted octanol–water partition coefficient (Wildman–Crippen LogP) is 3.58. The lowest BCUT2D eigenvalue weighted by Crippen LogP contribution is -2.01. The number of nitriles is 1. The molecule has 0 saturated carbocycles. The molecular formula is C9H3BrF3N3S. The first-order chi connectivity index (χ1) is 7.92. The Morgan fingerprint density at radius 3 is 2.76 bits per heavy atom. The fraction of sp³-hybridized carbons (Fsp3) is 0.111. The molecule has 17 heavy (non-hydrogen) atoms. The van der Waals surface area contributed by atoms with Gasteiger partial charge in [-0.05, 0) is 28.1 Å². The first-order valence-electron chi connectivity index (χ1n) is 4.25. The Labute approximate surface area is 106 Å². The summed E-state index contributed by atoms with van der Waals surface area (Å²) < 4.78 is 38.9. The zero-order chi connectivity index (χ0) is 12.6. The van der Waals surface area contributed by atoms with Crippen molar-refractivity contribution in [1.29, 1.82) is 5.26 Å². The lowest BCUT2D eigenvalue weighted by molar-refractivity contribution is -0.0329. The second-order valence-corrected chi connectivity index (χ2v) is 4.88. The molecule has 2 heterocycles. The summed E-state index contributed by atoms with van der Waals surface area (Å²) in [5.41, 5.74) is -4.40. The third-order valence-electron chi connectivity index (χ3n) is 1.88. The Morgan fingerprint density at radius 2 is 2.18 bits per heavy atom. The number of thioether (sulfide) groups is 1. The van der Waals surface area contributed by atoms with Crippen LogP contribution in [0.4, 0.5) is 13.2 Å². The average Bonchev–Trinajstić information content (AvgIpc) is 2.56. The molecule has 0 fully saturated rings. The number of pyridine rings is 1. The maximum absolute atomic E-state index is 12.4. The third kappa shape index (κ3) is 2.40. The largest absolute Gasteiger partial charge is 0.447 e. The number of hydrogen-bond donors (Lipinski definition) is 0. The van der Waals surface area contributed by atoms with Gasteiger partial charge >= 0.3 is 5.51 Å². The van der Waals surface area contributed by atoms with Crippen LogP contribution in [0.2, 0.25) is 0 Å². The molecule has 2 aromatic rings. The fourth-order valence-corrected chi connectivity index (χ4v) is 2.38. The van der Waals surface area contributed by atoms with E-state index >= 15 is 0 Å². The number of imidazole rings is 1. The van der Waals surface area contributed by atoms with E-state index in [1.807, 2.05) is 0 Å². The first-order valence-corrected chi connectivity index (χ1v) is 5.86. The molecule has 8 heteroatoms. The number of rotatable bonds is 1. The van der Waals surface area contributed by atoms with Crippen LogP contribution in [-0.2, 0) is 0 Å². The van der Waals surface area contributed by atoms with Gasteiger partial charge in [0.05, 0.1) is 4.47 Å². The van der Waals surface area contributed by atoms with E-state index in [-0.39, 0.29) is 28.1 Å². The lowest BCUT2D eigenvalue weighted by atomic mass is 10.5. The summed E-state index contributed by atoms with van der Waals surface area (Å²) in [4.78, 5) is 3.85. The van der Waals surface area contributed by atoms with Crippen molar-refractivity contribution in [1.82, 2.24) is 9.38 Å². The summed E-state index contributed by atoms with van der Waals surface area (Å²) in [6.07, 6.45) is 1.43. The van der Waals surface area contributed by atoms with Crippen LogP contribution in [0.25, 0.3) is 5.65 Å². The van der Waals surface area contributed by atoms with Gasteiger partial charge in [-0.15, -0.1) is 0 Å². The van der Waals surface area contributed by atoms with Gasteiger partial charge in [0, 0.05) is 18.0 Å². The van der Waals surface area contributed by atoms with Crippen molar-refractivity contribution < 1.29 is 13.2 Å². The topological polar surface area (TPSA) is 41.1 Å². The molecule has 0 unspecified atom stereocenters. The van der Waals surface area contributed by atoms with Gasteiger partial charge in [0.15, 0.2) is 11.3 Å². The minimum atomic E-state index is -4.45. The molecule has 3 nitrogen and oxygen atoms in total. The molecule has 0 saturated heterocycles. The van der Waals surface area contributed by atoms with Gasteiger partial charge in [0.25, 0.3) is 0 Å². The van der Waals surface area contributed by atoms with Crippen molar-refractivity contribution >= 4 is 33.3 Å². The summed E-state index contributed by atoms with van der Waals surface area (Å²) in [6.45, 7) is 0. The maximum Gasteiger partial charge on any atom is 0.447 e. The zero-order valence-electron chi connectivity index (χ0n) is 7.99. The molecule has 2 rings (SSSR count). The number of alkyl halides is 3. The first kappa shape index (κ1) is 12.3. The minimum Gasteiger partial charge on any atom is -0.292 e. The van der Waals surface area contributed by atoms with Crippen LogP contribution in [0.1, 0.15) is 5.69 Å². The molecule has 0 aliphatic rings. The molecule has 0 spiro atoms. The second-order valence-electron chi connectivity index (χ2n) is 2.97. The highest BCUT2D eigenvalue weighted by atomic mass is 79.9. The molecule has 88 valence electrons. The smallest absolute Gasteiger partial charge is 0.292 e. The van der Waals surface area contributed by atoms with Crippen LogP contribution >= 0.6 is 27.7 Å². The maximum atomic E-state index is 12.4. The van der Waals surface area contributed by atoms with E-state index in [0.717, 1.165) is 0 Å². The Morgan fingerprint density at radius 1 is 1.47 bits per heavy atom. The Bertz CT molecular complexity index is 614. The van der Waals surface area contributed by atoms with Crippen LogP contribution in [0.5, 0.6) is 0 Å². The van der Waals surface area contributed by atoms with E-state index in [9.17, 15) is 13.2 Å². The van der Waals surface area contributed by atoms with Crippen molar-refractivity contribution in [2.75, 3.05) is 0 Å². The molecule has 0 aliphatic heterocycles. The molecule has 0 aromatic carbocycles. The van der Waals surface area contributed by atoms with E-state index in [1.54, 1.807) is 18.2 Å². The minimum absolute atomic E-state index is 0.226. The second kappa shape index (κ2) is 4.23. The van der Waals surface area contributed by atoms with Crippen LogP contribution < -0.4 is 0 Å². The SMILES string of the molecule is N#Cc1nc2c(Br)cccn2c1SC(F)(F)F. The van der Waals surface area contributed by atoms with Gasteiger partial charge in [-0.3, -0.25) is 4.40 Å². The summed E-state index contributed by atoms with van der Waals surface area (Å²) in [5, 5.41) is 8.56. The van der Waals surface area contributed by atoms with Crippen LogP contribution in [0, 0.1) is 11.3 Å². The number of fused-ring (bicyclic) bond motifs is 1. The molecule has 0 bridgehead atoms. The molecule has 0 amide bonds. The highest BCUT2D eigenvalue weighted by Crippen LogP contribution is 2.39. The summed E-state index contributed by atoms with van der Waals surface area (Å²) in [7, 11) is 0. The van der Waals surface area contributed by atoms with Crippen LogP contribution in [0.3, 0.4) is 0 Å². The highest BCUT2D eigenvalue weighted by Gasteiger charge is 2.33. The van der Waals surface area contributed by atoms with Gasteiger partial charge < -0.3 is 0 Å². The summed E-state index contributed by atoms with van der Waals surface area (Å²) in [5.74, 6) is 0. The molecule has 0 radical (unpaired) electrons. The van der Waals surface area contributed by atoms with Gasteiger partial charge in [-0.25, -0.2) is 4.98 Å². The number of halogens is 4. The van der Waals surface area contributed by atoms with Crippen molar-refractivity contribution in [3.05, 3.63) is 28.5 Å². The lowest BCUT2D eigenvalue weighted by Gasteiger charge is -2.05. The Hall–Kier alpha value is -1.20. The third-order valence-corrected chi connectivity index (χ3v) is 3.31. The fourth-order valence-electron chi connectivity index (χ4n) is 1.29. The highest BCUT2D eigenvalue weighted by molar-refractivity contribution is 9.10. The number of nitrogens with zero attached hydrogens (tertiary/aromatic N) is 3. The molecule has 2 aromatic heterocycles. The number of hydrogen-bond acceptors (Lipinski definition) is 3. The zero-order valence-corrected chi connectivity index (χ0v) is 10.4. The number of aromatic nitrogens is 2. The predicted molar refractivity (Wildman–Crippen MR) is 59.5 cm³/mol. The quantitative estimate of drug-likeness (QED) is 0.754. The van der Waals surface area contributed by atoms with Gasteiger partial charge in [0.2, 0.25) is 0 Å². The summed E-state index contributed by atoms with van der Waals surface area (Å²) >= 11 is 2.82. The van der Waals surface area contributed by atoms with E-state index in [4.69, 9.17) is 5.26 Å². The molecule has 0 N–H and O–H groups in total. The molecule has 0 aliphatic carbocycles. The average molecular weight is 322 g/mol. The van der Waals surface area contributed by atoms with E-state index in [2.05, 4.69) is 20.9 Å². The molecule has 0 atom stereocenters. The van der Waals surface area contributed by atoms with Crippen molar-refractivity contribution in [3.8, 4) is 6.07 Å². The van der Waals surface area contributed by atoms with Gasteiger partial charge in [0.1, 0.15) is 11.1 Å². The van der Waals surface area contributed by atoms with Crippen LogP contribution in [-0.4, -0.2) is 14.9 Å². The van der Waals surface area contributed by atoms with Crippen LogP contribution in [0.15, 0.2) is 27.8 Å². The standard InChI is InChI=1S/C9H3BrF3N3S/c10-5-2-1-3-16-7(5)15-6(4-14)8(16)17-9(11,12)13/h1-3H. The van der Waals surface area contributed by atoms with E-state index in [1.165, 1.54) is 10.6 Å². The molecular weight excluding hydrogens is 319 g/mol.